The third kappa shape index (κ3) is 2.80. The van der Waals surface area contributed by atoms with E-state index in [4.69, 9.17) is 0 Å². The van der Waals surface area contributed by atoms with Gasteiger partial charge in [0.05, 0.1) is 23.7 Å². The quantitative estimate of drug-likeness (QED) is 0.901. The van der Waals surface area contributed by atoms with E-state index in [0.717, 1.165) is 41.6 Å². The average molecular weight is 325 g/mol. The monoisotopic (exact) mass is 324 g/mol. The first kappa shape index (κ1) is 13.0. The Labute approximate surface area is 120 Å². The summed E-state index contributed by atoms with van der Waals surface area (Å²) in [7, 11) is 0. The fourth-order valence-electron chi connectivity index (χ4n) is 2.68. The Kier molecular flexibility index (Phi) is 3.56. The maximum atomic E-state index is 10.3. The van der Waals surface area contributed by atoms with E-state index in [-0.39, 0.29) is 0 Å². The second-order valence-corrected chi connectivity index (χ2v) is 6.04. The molecule has 102 valence electrons. The van der Waals surface area contributed by atoms with Crippen LogP contribution in [0.4, 0.5) is 0 Å². The maximum Gasteiger partial charge on any atom is 0.155 e. The molecule has 2 aromatic rings. The number of fused-ring (bicyclic) bond motifs is 1. The van der Waals surface area contributed by atoms with Crippen LogP contribution in [0.2, 0.25) is 0 Å². The summed E-state index contributed by atoms with van der Waals surface area (Å²) in [6.07, 6.45) is 9.56. The van der Waals surface area contributed by atoms with Crippen LogP contribution in [0.3, 0.4) is 0 Å². The van der Waals surface area contributed by atoms with Gasteiger partial charge in [0, 0.05) is 19.3 Å². The van der Waals surface area contributed by atoms with Gasteiger partial charge < -0.3 is 10.4 Å². The Morgan fingerprint density at radius 2 is 2.11 bits per heavy atom. The third-order valence-electron chi connectivity index (χ3n) is 3.74. The van der Waals surface area contributed by atoms with Gasteiger partial charge in [-0.15, -0.1) is 0 Å². The summed E-state index contributed by atoms with van der Waals surface area (Å²) in [4.78, 5) is 8.45. The van der Waals surface area contributed by atoms with Gasteiger partial charge in [-0.3, -0.25) is 4.40 Å². The lowest BCUT2D eigenvalue weighted by Crippen LogP contribution is -2.37. The number of hydrogen-bond donors (Lipinski definition) is 2. The molecule has 1 aliphatic rings. The molecule has 2 heterocycles. The Morgan fingerprint density at radius 1 is 1.32 bits per heavy atom. The number of aliphatic hydroxyl groups is 1. The predicted molar refractivity (Wildman–Crippen MR) is 75.8 cm³/mol. The molecule has 1 saturated carbocycles. The van der Waals surface area contributed by atoms with Crippen LogP contribution < -0.4 is 5.32 Å². The van der Waals surface area contributed by atoms with Gasteiger partial charge in [0.2, 0.25) is 0 Å². The van der Waals surface area contributed by atoms with Crippen LogP contribution in [-0.4, -0.2) is 31.6 Å². The standard InChI is InChI=1S/C13H17BrN4O/c14-11-8-18-10(6-17-12(18)7-16-11)5-15-9-13(19)3-1-2-4-13/h6-8,15,19H,1-5,9H2. The molecule has 5 nitrogen and oxygen atoms in total. The minimum Gasteiger partial charge on any atom is -0.389 e. The molecule has 0 radical (unpaired) electrons. The normalized spacial score (nSPS) is 18.2. The molecule has 2 N–H and O–H groups in total. The first-order valence-corrected chi connectivity index (χ1v) is 7.36. The highest BCUT2D eigenvalue weighted by Gasteiger charge is 2.30. The van der Waals surface area contributed by atoms with E-state index in [2.05, 4.69) is 31.2 Å². The summed E-state index contributed by atoms with van der Waals surface area (Å²) < 4.78 is 2.79. The third-order valence-corrected chi connectivity index (χ3v) is 4.15. The van der Waals surface area contributed by atoms with Crippen molar-refractivity contribution >= 4 is 21.6 Å². The van der Waals surface area contributed by atoms with Crippen molar-refractivity contribution in [3.05, 3.63) is 28.9 Å². The van der Waals surface area contributed by atoms with E-state index < -0.39 is 5.60 Å². The summed E-state index contributed by atoms with van der Waals surface area (Å²) >= 11 is 3.36. The van der Waals surface area contributed by atoms with E-state index in [0.29, 0.717) is 13.1 Å². The molecule has 1 fully saturated rings. The summed E-state index contributed by atoms with van der Waals surface area (Å²) in [5, 5.41) is 13.6. The van der Waals surface area contributed by atoms with E-state index in [1.54, 1.807) is 6.20 Å². The Hall–Kier alpha value is -0.980. The smallest absolute Gasteiger partial charge is 0.155 e. The molecule has 0 spiro atoms. The van der Waals surface area contributed by atoms with Crippen LogP contribution in [0.25, 0.3) is 5.65 Å². The second-order valence-electron chi connectivity index (χ2n) is 5.22. The molecule has 2 aromatic heterocycles. The van der Waals surface area contributed by atoms with Crippen LogP contribution in [0.5, 0.6) is 0 Å². The molecule has 0 unspecified atom stereocenters. The van der Waals surface area contributed by atoms with Gasteiger partial charge in [0.1, 0.15) is 4.60 Å². The highest BCUT2D eigenvalue weighted by Crippen LogP contribution is 2.28. The molecule has 0 aromatic carbocycles. The van der Waals surface area contributed by atoms with Gasteiger partial charge in [-0.2, -0.15) is 0 Å². The number of halogens is 1. The zero-order valence-electron chi connectivity index (χ0n) is 10.6. The largest absolute Gasteiger partial charge is 0.389 e. The molecule has 0 aliphatic heterocycles. The molecule has 19 heavy (non-hydrogen) atoms. The molecule has 0 saturated heterocycles. The minimum absolute atomic E-state index is 0.511. The highest BCUT2D eigenvalue weighted by molar-refractivity contribution is 9.10. The average Bonchev–Trinajstić information content (AvgIpc) is 2.97. The van der Waals surface area contributed by atoms with E-state index in [1.807, 2.05) is 16.8 Å². The van der Waals surface area contributed by atoms with Crippen molar-refractivity contribution in [3.63, 3.8) is 0 Å². The number of aromatic nitrogens is 3. The summed E-state index contributed by atoms with van der Waals surface area (Å²) in [6.45, 7) is 1.34. The van der Waals surface area contributed by atoms with Gasteiger partial charge in [0.25, 0.3) is 0 Å². The van der Waals surface area contributed by atoms with Crippen molar-refractivity contribution in [2.75, 3.05) is 6.54 Å². The molecule has 0 amide bonds. The van der Waals surface area contributed by atoms with E-state index >= 15 is 0 Å². The van der Waals surface area contributed by atoms with Crippen molar-refractivity contribution in [1.82, 2.24) is 19.7 Å². The number of hydrogen-bond acceptors (Lipinski definition) is 4. The Bertz CT molecular complexity index is 577. The van der Waals surface area contributed by atoms with Crippen LogP contribution >= 0.6 is 15.9 Å². The molecule has 1 aliphatic carbocycles. The molecule has 0 atom stereocenters. The number of rotatable bonds is 4. The van der Waals surface area contributed by atoms with E-state index in [9.17, 15) is 5.11 Å². The summed E-state index contributed by atoms with van der Waals surface area (Å²) in [6, 6.07) is 0. The van der Waals surface area contributed by atoms with Gasteiger partial charge >= 0.3 is 0 Å². The van der Waals surface area contributed by atoms with Crippen molar-refractivity contribution in [2.24, 2.45) is 0 Å². The number of imidazole rings is 1. The van der Waals surface area contributed by atoms with Gasteiger partial charge in [-0.25, -0.2) is 9.97 Å². The SMILES string of the molecule is OC1(CNCc2cnc3cnc(Br)cn23)CCCC1. The fourth-order valence-corrected chi connectivity index (χ4v) is 2.99. The van der Waals surface area contributed by atoms with Gasteiger partial charge in [0.15, 0.2) is 5.65 Å². The maximum absolute atomic E-state index is 10.3. The molecular formula is C13H17BrN4O. The topological polar surface area (TPSA) is 62.5 Å². The lowest BCUT2D eigenvalue weighted by atomic mass is 10.0. The van der Waals surface area contributed by atoms with Crippen molar-refractivity contribution in [1.29, 1.82) is 0 Å². The Balaban J connectivity index is 1.67. The van der Waals surface area contributed by atoms with Crippen molar-refractivity contribution < 1.29 is 5.11 Å². The van der Waals surface area contributed by atoms with Crippen LogP contribution in [0.1, 0.15) is 31.4 Å². The van der Waals surface area contributed by atoms with Crippen LogP contribution in [-0.2, 0) is 6.54 Å². The van der Waals surface area contributed by atoms with Gasteiger partial charge in [-0.1, -0.05) is 12.8 Å². The van der Waals surface area contributed by atoms with Crippen LogP contribution in [0.15, 0.2) is 23.2 Å². The summed E-state index contributed by atoms with van der Waals surface area (Å²) in [5.74, 6) is 0. The lowest BCUT2D eigenvalue weighted by molar-refractivity contribution is 0.0474. The molecule has 0 bridgehead atoms. The first-order valence-electron chi connectivity index (χ1n) is 6.57. The van der Waals surface area contributed by atoms with E-state index in [1.165, 1.54) is 0 Å². The molecular weight excluding hydrogens is 308 g/mol. The fraction of sp³-hybridized carbons (Fsp3) is 0.538. The van der Waals surface area contributed by atoms with Crippen molar-refractivity contribution in [3.8, 4) is 0 Å². The zero-order valence-corrected chi connectivity index (χ0v) is 12.2. The second kappa shape index (κ2) is 5.19. The minimum atomic E-state index is -0.511. The molecule has 6 heteroatoms. The lowest BCUT2D eigenvalue weighted by Gasteiger charge is -2.22. The Morgan fingerprint density at radius 3 is 2.89 bits per heavy atom. The van der Waals surface area contributed by atoms with Crippen LogP contribution in [0, 0.1) is 0 Å². The highest BCUT2D eigenvalue weighted by atomic mass is 79.9. The zero-order chi connectivity index (χ0) is 13.3. The van der Waals surface area contributed by atoms with Gasteiger partial charge in [-0.05, 0) is 28.8 Å². The predicted octanol–water partition coefficient (Wildman–Crippen LogP) is 1.89. The number of nitrogens with one attached hydrogen (secondary N) is 1. The van der Waals surface area contributed by atoms with Crippen molar-refractivity contribution in [2.45, 2.75) is 37.8 Å². The number of nitrogens with zero attached hydrogens (tertiary/aromatic N) is 3. The first-order chi connectivity index (χ1) is 9.16. The summed E-state index contributed by atoms with van der Waals surface area (Å²) in [5.41, 5.74) is 1.39. The molecule has 3 rings (SSSR count).